The van der Waals surface area contributed by atoms with Gasteiger partial charge in [-0.25, -0.2) is 0 Å². The lowest BCUT2D eigenvalue weighted by molar-refractivity contribution is -0.116. The minimum absolute atomic E-state index is 0.262. The molecule has 0 amide bonds. The van der Waals surface area contributed by atoms with Gasteiger partial charge < -0.3 is 4.79 Å². The molecule has 0 aliphatic heterocycles. The lowest BCUT2D eigenvalue weighted by Gasteiger charge is -1.88. The number of carbonyl (C=O) groups excluding carboxylic acids is 1. The fourth-order valence-electron chi connectivity index (χ4n) is 0.736. The molecule has 0 bridgehead atoms. The number of Topliss-reactive ketones (excluding diaryl/α,β-unsaturated/α-hetero) is 1. The third-order valence-electron chi connectivity index (χ3n) is 1.37. The lowest BCUT2D eigenvalue weighted by Crippen LogP contribution is -1.86. The van der Waals surface area contributed by atoms with Gasteiger partial charge in [-0.3, -0.25) is 0 Å². The highest BCUT2D eigenvalue weighted by Gasteiger charge is 1.87. The Hall–Kier alpha value is -0.850. The lowest BCUT2D eigenvalue weighted by atomic mass is 10.2. The second kappa shape index (κ2) is 7.26. The van der Waals surface area contributed by atoms with Crippen LogP contribution < -0.4 is 0 Å². The van der Waals surface area contributed by atoms with Crippen molar-refractivity contribution in [1.82, 2.24) is 0 Å². The quantitative estimate of drug-likeness (QED) is 0.422. The molecular weight excluding hydrogens is 136 g/mol. The van der Waals surface area contributed by atoms with Gasteiger partial charge in [0.25, 0.3) is 0 Å². The smallest absolute Gasteiger partial charge is 0.130 e. The van der Waals surface area contributed by atoms with Crippen molar-refractivity contribution in [3.63, 3.8) is 0 Å². The molecule has 0 unspecified atom stereocenters. The van der Waals surface area contributed by atoms with Crippen LogP contribution in [0.1, 0.15) is 32.6 Å². The van der Waals surface area contributed by atoms with Gasteiger partial charge in [0.15, 0.2) is 0 Å². The first-order chi connectivity index (χ1) is 5.27. The van der Waals surface area contributed by atoms with Gasteiger partial charge in [0, 0.05) is 6.42 Å². The molecule has 0 N–H and O–H groups in total. The van der Waals surface area contributed by atoms with E-state index in [9.17, 15) is 4.79 Å². The molecule has 0 aliphatic rings. The zero-order valence-electron chi connectivity index (χ0n) is 7.18. The average molecular weight is 152 g/mol. The Bertz CT molecular complexity index is 145. The first kappa shape index (κ1) is 10.2. The fourth-order valence-corrected chi connectivity index (χ4v) is 0.736. The molecule has 0 rings (SSSR count). The molecule has 0 radical (unpaired) electrons. The van der Waals surface area contributed by atoms with Crippen molar-refractivity contribution >= 4 is 5.78 Å². The number of ketones is 1. The maximum atomic E-state index is 10.5. The van der Waals surface area contributed by atoms with Crippen LogP contribution in [0.3, 0.4) is 0 Å². The number of carbonyl (C=O) groups is 1. The zero-order valence-corrected chi connectivity index (χ0v) is 7.18. The maximum Gasteiger partial charge on any atom is 0.130 e. The Kier molecular flexibility index (Phi) is 6.70. The Morgan fingerprint density at radius 2 is 1.91 bits per heavy atom. The summed E-state index contributed by atoms with van der Waals surface area (Å²) in [5, 5.41) is 0. The molecule has 0 aliphatic carbocycles. The molecule has 0 aromatic heterocycles. The molecule has 0 aromatic carbocycles. The highest BCUT2D eigenvalue weighted by molar-refractivity contribution is 5.75. The largest absolute Gasteiger partial charge is 0.300 e. The van der Waals surface area contributed by atoms with Crippen molar-refractivity contribution < 1.29 is 4.79 Å². The zero-order chi connectivity index (χ0) is 8.53. The monoisotopic (exact) mass is 152 g/mol. The first-order valence-electron chi connectivity index (χ1n) is 4.02. The van der Waals surface area contributed by atoms with Crippen molar-refractivity contribution in [1.29, 1.82) is 0 Å². The summed E-state index contributed by atoms with van der Waals surface area (Å²) in [5.74, 6) is 0.262. The minimum Gasteiger partial charge on any atom is -0.300 e. The number of allylic oxidation sites excluding steroid dienone is 3. The summed E-state index contributed by atoms with van der Waals surface area (Å²) >= 11 is 0. The molecule has 62 valence electrons. The highest BCUT2D eigenvalue weighted by atomic mass is 16.1. The van der Waals surface area contributed by atoms with Crippen molar-refractivity contribution in [2.45, 2.75) is 32.6 Å². The highest BCUT2D eigenvalue weighted by Crippen LogP contribution is 1.96. The predicted octanol–water partition coefficient (Wildman–Crippen LogP) is 2.88. The van der Waals surface area contributed by atoms with Crippen LogP contribution in [-0.2, 0) is 4.79 Å². The van der Waals surface area contributed by atoms with E-state index in [0.717, 1.165) is 19.3 Å². The van der Waals surface area contributed by atoms with Crippen LogP contribution in [-0.4, -0.2) is 5.78 Å². The minimum atomic E-state index is 0.262. The van der Waals surface area contributed by atoms with Gasteiger partial charge >= 0.3 is 0 Å². The van der Waals surface area contributed by atoms with Gasteiger partial charge in [-0.15, -0.1) is 6.58 Å². The summed E-state index contributed by atoms with van der Waals surface area (Å²) in [6.07, 6.45) is 9.68. The molecule has 0 aromatic rings. The van der Waals surface area contributed by atoms with E-state index >= 15 is 0 Å². The third kappa shape index (κ3) is 9.15. The number of rotatable bonds is 6. The summed E-state index contributed by atoms with van der Waals surface area (Å²) in [6, 6.07) is 0. The number of unbranched alkanes of at least 4 members (excludes halogenated alkanes) is 1. The van der Waals surface area contributed by atoms with Crippen LogP contribution in [0.2, 0.25) is 0 Å². The van der Waals surface area contributed by atoms with Crippen molar-refractivity contribution in [2.75, 3.05) is 0 Å². The van der Waals surface area contributed by atoms with E-state index in [1.807, 2.05) is 6.08 Å². The maximum absolute atomic E-state index is 10.5. The summed E-state index contributed by atoms with van der Waals surface area (Å²) in [5.41, 5.74) is 0. The number of hydrogen-bond donors (Lipinski definition) is 0. The molecule has 0 spiro atoms. The van der Waals surface area contributed by atoms with Crippen molar-refractivity contribution in [3.05, 3.63) is 24.8 Å². The molecule has 0 saturated carbocycles. The summed E-state index contributed by atoms with van der Waals surface area (Å²) in [4.78, 5) is 10.5. The average Bonchev–Trinajstić information content (AvgIpc) is 1.96. The van der Waals surface area contributed by atoms with Gasteiger partial charge in [0.2, 0.25) is 0 Å². The van der Waals surface area contributed by atoms with Crippen LogP contribution in [0.25, 0.3) is 0 Å². The Morgan fingerprint density at radius 3 is 2.45 bits per heavy atom. The summed E-state index contributed by atoms with van der Waals surface area (Å²) in [7, 11) is 0. The standard InChI is InChI=1S/C10H16O/c1-3-4-5-6-7-8-9-10(2)11/h3,6-7H,1,4-5,8-9H2,2H3. The van der Waals surface area contributed by atoms with Crippen LogP contribution in [0.15, 0.2) is 24.8 Å². The van der Waals surface area contributed by atoms with Gasteiger partial charge in [-0.1, -0.05) is 18.2 Å². The van der Waals surface area contributed by atoms with Crippen LogP contribution in [0.4, 0.5) is 0 Å². The molecule has 0 atom stereocenters. The molecule has 1 heteroatoms. The second-order valence-electron chi connectivity index (χ2n) is 2.58. The fraction of sp³-hybridized carbons (Fsp3) is 0.500. The second-order valence-corrected chi connectivity index (χ2v) is 2.58. The van der Waals surface area contributed by atoms with Gasteiger partial charge in [0.1, 0.15) is 5.78 Å². The SMILES string of the molecule is C=CCCC=CCCC(C)=O. The van der Waals surface area contributed by atoms with Gasteiger partial charge in [-0.05, 0) is 26.2 Å². The van der Waals surface area contributed by atoms with Gasteiger partial charge in [-0.2, -0.15) is 0 Å². The molecular formula is C10H16O. The first-order valence-corrected chi connectivity index (χ1v) is 4.02. The van der Waals surface area contributed by atoms with E-state index < -0.39 is 0 Å². The summed E-state index contributed by atoms with van der Waals surface area (Å²) in [6.45, 7) is 5.24. The predicted molar refractivity (Wildman–Crippen MR) is 48.5 cm³/mol. The van der Waals surface area contributed by atoms with Crippen LogP contribution in [0, 0.1) is 0 Å². The summed E-state index contributed by atoms with van der Waals surface area (Å²) < 4.78 is 0. The van der Waals surface area contributed by atoms with Crippen molar-refractivity contribution in [3.8, 4) is 0 Å². The Balaban J connectivity index is 3.16. The third-order valence-corrected chi connectivity index (χ3v) is 1.37. The van der Waals surface area contributed by atoms with Crippen LogP contribution in [0.5, 0.6) is 0 Å². The van der Waals surface area contributed by atoms with Gasteiger partial charge in [0.05, 0.1) is 0 Å². The molecule has 11 heavy (non-hydrogen) atoms. The van der Waals surface area contributed by atoms with Crippen LogP contribution >= 0.6 is 0 Å². The Morgan fingerprint density at radius 1 is 1.27 bits per heavy atom. The topological polar surface area (TPSA) is 17.1 Å². The van der Waals surface area contributed by atoms with E-state index in [4.69, 9.17) is 0 Å². The van der Waals surface area contributed by atoms with E-state index in [0.29, 0.717) is 6.42 Å². The van der Waals surface area contributed by atoms with Crippen molar-refractivity contribution in [2.24, 2.45) is 0 Å². The normalized spacial score (nSPS) is 10.3. The van der Waals surface area contributed by atoms with E-state index in [2.05, 4.69) is 18.7 Å². The number of hydrogen-bond acceptors (Lipinski definition) is 1. The van der Waals surface area contributed by atoms with E-state index in [1.54, 1.807) is 6.92 Å². The molecule has 0 heterocycles. The molecule has 0 saturated heterocycles. The molecule has 0 fully saturated rings. The van der Waals surface area contributed by atoms with E-state index in [-0.39, 0.29) is 5.78 Å². The Labute approximate surface area is 68.8 Å². The van der Waals surface area contributed by atoms with E-state index in [1.165, 1.54) is 0 Å². The molecule has 1 nitrogen and oxygen atoms in total.